The lowest BCUT2D eigenvalue weighted by molar-refractivity contribution is 0.236. The van der Waals surface area contributed by atoms with Gasteiger partial charge in [-0.15, -0.1) is 11.3 Å². The molecule has 1 saturated heterocycles. The predicted octanol–water partition coefficient (Wildman–Crippen LogP) is 3.67. The van der Waals surface area contributed by atoms with E-state index in [9.17, 15) is 4.79 Å². The fourth-order valence-electron chi connectivity index (χ4n) is 2.58. The summed E-state index contributed by atoms with van der Waals surface area (Å²) in [7, 11) is 0. The maximum Gasteiger partial charge on any atom is 0.315 e. The van der Waals surface area contributed by atoms with Crippen LogP contribution in [-0.4, -0.2) is 28.1 Å². The van der Waals surface area contributed by atoms with Gasteiger partial charge in [-0.3, -0.25) is 0 Å². The van der Waals surface area contributed by atoms with Crippen molar-refractivity contribution in [2.45, 2.75) is 56.2 Å². The third kappa shape index (κ3) is 3.92. The average molecular weight is 326 g/mol. The van der Waals surface area contributed by atoms with E-state index in [1.165, 1.54) is 36.4 Å². The molecule has 1 aromatic heterocycles. The largest absolute Gasteiger partial charge is 0.337 e. The number of thiazole rings is 1. The molecular formula is C15H23N3OS2. The quantitative estimate of drug-likeness (QED) is 0.868. The van der Waals surface area contributed by atoms with Gasteiger partial charge in [-0.1, -0.05) is 0 Å². The third-order valence-corrected chi connectivity index (χ3v) is 6.74. The Hall–Kier alpha value is -0.750. The van der Waals surface area contributed by atoms with Crippen LogP contribution in [0.2, 0.25) is 0 Å². The number of amides is 2. The van der Waals surface area contributed by atoms with Crippen LogP contribution in [0.15, 0.2) is 5.38 Å². The highest BCUT2D eigenvalue weighted by atomic mass is 32.2. The van der Waals surface area contributed by atoms with Crippen LogP contribution < -0.4 is 10.6 Å². The van der Waals surface area contributed by atoms with Crippen LogP contribution in [0.4, 0.5) is 4.79 Å². The molecule has 0 aromatic carbocycles. The van der Waals surface area contributed by atoms with Crippen LogP contribution in [-0.2, 0) is 0 Å². The summed E-state index contributed by atoms with van der Waals surface area (Å²) in [6.45, 7) is 4.97. The molecule has 0 spiro atoms. The lowest BCUT2D eigenvalue weighted by Gasteiger charge is -2.23. The maximum absolute atomic E-state index is 12.0. The molecule has 0 radical (unpaired) electrons. The van der Waals surface area contributed by atoms with Gasteiger partial charge in [0.1, 0.15) is 0 Å². The van der Waals surface area contributed by atoms with E-state index >= 15 is 0 Å². The monoisotopic (exact) mass is 325 g/mol. The second kappa shape index (κ2) is 6.16. The molecule has 1 aromatic rings. The zero-order chi connectivity index (χ0) is 14.9. The van der Waals surface area contributed by atoms with Gasteiger partial charge in [-0.25, -0.2) is 9.78 Å². The molecule has 2 fully saturated rings. The molecular weight excluding hydrogens is 302 g/mol. The van der Waals surface area contributed by atoms with Crippen molar-refractivity contribution >= 4 is 29.1 Å². The van der Waals surface area contributed by atoms with Gasteiger partial charge in [0.15, 0.2) is 0 Å². The number of carbonyl (C=O) groups is 1. The average Bonchev–Trinajstić information content (AvgIpc) is 3.02. The third-order valence-electron chi connectivity index (χ3n) is 4.18. The molecule has 2 heterocycles. The van der Waals surface area contributed by atoms with E-state index in [0.29, 0.717) is 5.92 Å². The first-order valence-electron chi connectivity index (χ1n) is 7.69. The Labute approximate surface area is 134 Å². The fraction of sp³-hybridized carbons (Fsp3) is 0.733. The topological polar surface area (TPSA) is 54.0 Å². The van der Waals surface area contributed by atoms with Gasteiger partial charge in [-0.05, 0) is 45.3 Å². The number of rotatable bonds is 5. The molecule has 1 aliphatic heterocycles. The van der Waals surface area contributed by atoms with Crippen molar-refractivity contribution in [1.29, 1.82) is 0 Å². The molecule has 116 valence electrons. The lowest BCUT2D eigenvalue weighted by atomic mass is 10.1. The van der Waals surface area contributed by atoms with Crippen LogP contribution in [0.1, 0.15) is 62.2 Å². The smallest absolute Gasteiger partial charge is 0.315 e. The highest BCUT2D eigenvalue weighted by molar-refractivity contribution is 8.00. The Balaban J connectivity index is 1.46. The summed E-state index contributed by atoms with van der Waals surface area (Å²) >= 11 is 3.68. The summed E-state index contributed by atoms with van der Waals surface area (Å²) in [4.78, 5) is 16.7. The van der Waals surface area contributed by atoms with Crippen LogP contribution in [0.25, 0.3) is 0 Å². The summed E-state index contributed by atoms with van der Waals surface area (Å²) < 4.78 is 0.209. The predicted molar refractivity (Wildman–Crippen MR) is 89.1 cm³/mol. The summed E-state index contributed by atoms with van der Waals surface area (Å²) in [5.41, 5.74) is 0.985. The van der Waals surface area contributed by atoms with Crippen LogP contribution in [0, 0.1) is 0 Å². The van der Waals surface area contributed by atoms with E-state index < -0.39 is 0 Å². The number of thioether (sulfide) groups is 1. The van der Waals surface area contributed by atoms with Gasteiger partial charge in [0, 0.05) is 22.6 Å². The molecule has 3 rings (SSSR count). The molecule has 2 aliphatic rings. The normalized spacial score (nSPS) is 26.6. The molecule has 2 N–H and O–H groups in total. The summed E-state index contributed by atoms with van der Waals surface area (Å²) in [5.74, 6) is 1.89. The summed E-state index contributed by atoms with van der Waals surface area (Å²) in [6.07, 6.45) is 4.98. The number of hydrogen-bond donors (Lipinski definition) is 2. The zero-order valence-electron chi connectivity index (χ0n) is 12.6. The number of nitrogens with zero attached hydrogens (tertiary/aromatic N) is 1. The Bertz CT molecular complexity index is 507. The minimum atomic E-state index is -0.0859. The Morgan fingerprint density at radius 2 is 2.38 bits per heavy atom. The van der Waals surface area contributed by atoms with Gasteiger partial charge < -0.3 is 10.6 Å². The van der Waals surface area contributed by atoms with E-state index in [0.717, 1.165) is 12.2 Å². The summed E-state index contributed by atoms with van der Waals surface area (Å²) in [6, 6.07) is -0.116. The summed E-state index contributed by atoms with van der Waals surface area (Å²) in [5, 5.41) is 9.31. The first-order chi connectivity index (χ1) is 10.1. The molecule has 2 amide bonds. The minimum Gasteiger partial charge on any atom is -0.337 e. The van der Waals surface area contributed by atoms with Crippen LogP contribution in [0.3, 0.4) is 0 Å². The van der Waals surface area contributed by atoms with Crippen molar-refractivity contribution in [2.75, 3.05) is 12.3 Å². The van der Waals surface area contributed by atoms with E-state index in [1.807, 2.05) is 18.7 Å². The fourth-order valence-corrected chi connectivity index (χ4v) is 4.91. The second-order valence-electron chi connectivity index (χ2n) is 6.34. The number of urea groups is 1. The molecule has 1 saturated carbocycles. The van der Waals surface area contributed by atoms with E-state index in [1.54, 1.807) is 11.3 Å². The SMILES string of the molecule is C[C@@H](NC(=O)NC[C@@]1(C)CCCS1)c1csc(C2CC2)n1. The van der Waals surface area contributed by atoms with Crippen molar-refractivity contribution < 1.29 is 4.79 Å². The number of aromatic nitrogens is 1. The minimum absolute atomic E-state index is 0.0298. The first kappa shape index (κ1) is 15.2. The molecule has 1 aliphatic carbocycles. The Morgan fingerprint density at radius 1 is 1.57 bits per heavy atom. The highest BCUT2D eigenvalue weighted by Gasteiger charge is 2.30. The van der Waals surface area contributed by atoms with Crippen molar-refractivity contribution in [3.05, 3.63) is 16.1 Å². The molecule has 4 nitrogen and oxygen atoms in total. The van der Waals surface area contributed by atoms with Gasteiger partial charge >= 0.3 is 6.03 Å². The van der Waals surface area contributed by atoms with Gasteiger partial charge in [0.25, 0.3) is 0 Å². The molecule has 0 bridgehead atoms. The van der Waals surface area contributed by atoms with Gasteiger partial charge in [0.2, 0.25) is 0 Å². The molecule has 2 atom stereocenters. The van der Waals surface area contributed by atoms with Crippen molar-refractivity contribution in [3.8, 4) is 0 Å². The van der Waals surface area contributed by atoms with Crippen LogP contribution in [0.5, 0.6) is 0 Å². The van der Waals surface area contributed by atoms with Gasteiger partial charge in [-0.2, -0.15) is 11.8 Å². The van der Waals surface area contributed by atoms with Crippen molar-refractivity contribution in [3.63, 3.8) is 0 Å². The maximum atomic E-state index is 12.0. The lowest BCUT2D eigenvalue weighted by Crippen LogP contribution is -2.43. The van der Waals surface area contributed by atoms with Crippen LogP contribution >= 0.6 is 23.1 Å². The molecule has 6 heteroatoms. The standard InChI is InChI=1S/C15H23N3OS2/c1-10(12-8-20-13(18-12)11-4-5-11)17-14(19)16-9-15(2)6-3-7-21-15/h8,10-11H,3-7,9H2,1-2H3,(H2,16,17,19)/t10-,15-/m1/s1. The van der Waals surface area contributed by atoms with Gasteiger partial charge in [0.05, 0.1) is 16.7 Å². The Kier molecular flexibility index (Phi) is 4.45. The highest BCUT2D eigenvalue weighted by Crippen LogP contribution is 2.41. The first-order valence-corrected chi connectivity index (χ1v) is 9.56. The van der Waals surface area contributed by atoms with Crippen molar-refractivity contribution in [1.82, 2.24) is 15.6 Å². The number of carbonyl (C=O) groups excluding carboxylic acids is 1. The molecule has 0 unspecified atom stereocenters. The Morgan fingerprint density at radius 3 is 3.05 bits per heavy atom. The number of nitrogens with one attached hydrogen (secondary N) is 2. The zero-order valence-corrected chi connectivity index (χ0v) is 14.3. The van der Waals surface area contributed by atoms with E-state index in [4.69, 9.17) is 0 Å². The molecule has 21 heavy (non-hydrogen) atoms. The van der Waals surface area contributed by atoms with E-state index in [2.05, 4.69) is 27.9 Å². The number of hydrogen-bond acceptors (Lipinski definition) is 4. The van der Waals surface area contributed by atoms with E-state index in [-0.39, 0.29) is 16.8 Å². The second-order valence-corrected chi connectivity index (χ2v) is 8.91. The van der Waals surface area contributed by atoms with Crippen molar-refractivity contribution in [2.24, 2.45) is 0 Å².